The van der Waals surface area contributed by atoms with Gasteiger partial charge < -0.3 is 4.90 Å². The number of fused-ring (bicyclic) bond motifs is 2. The molecule has 0 saturated carbocycles. The average Bonchev–Trinajstić information content (AvgIpc) is 2.58. The van der Waals surface area contributed by atoms with Gasteiger partial charge in [0.15, 0.2) is 0 Å². The fraction of sp³-hybridized carbons (Fsp3) is 0.273. The number of amides is 1. The molecule has 0 radical (unpaired) electrons. The molecule has 4 nitrogen and oxygen atoms in total. The first-order chi connectivity index (χ1) is 8.08. The molecule has 6 heteroatoms. The van der Waals surface area contributed by atoms with E-state index in [1.165, 1.54) is 0 Å². The Bertz CT molecular complexity index is 556. The quantitative estimate of drug-likeness (QED) is 0.786. The molecule has 0 aliphatic carbocycles. The fourth-order valence-electron chi connectivity index (χ4n) is 2.04. The van der Waals surface area contributed by atoms with Crippen molar-refractivity contribution in [3.63, 3.8) is 0 Å². The summed E-state index contributed by atoms with van der Waals surface area (Å²) in [4.78, 5) is 17.8. The molecule has 1 N–H and O–H groups in total. The van der Waals surface area contributed by atoms with Gasteiger partial charge in [0.25, 0.3) is 0 Å². The van der Waals surface area contributed by atoms with Crippen LogP contribution in [-0.4, -0.2) is 22.8 Å². The van der Waals surface area contributed by atoms with Gasteiger partial charge in [0, 0.05) is 5.56 Å². The van der Waals surface area contributed by atoms with Crippen LogP contribution in [0, 0.1) is 0 Å². The van der Waals surface area contributed by atoms with Crippen LogP contribution in [0.1, 0.15) is 12.5 Å². The first-order valence-electron chi connectivity index (χ1n) is 5.21. The third-order valence-corrected chi connectivity index (χ3v) is 3.92. The Morgan fingerprint density at radius 3 is 3.00 bits per heavy atom. The fourth-order valence-corrected chi connectivity index (χ4v) is 2.43. The molecule has 1 aromatic carbocycles. The number of halogens is 2. The van der Waals surface area contributed by atoms with E-state index < -0.39 is 0 Å². The van der Waals surface area contributed by atoms with Gasteiger partial charge >= 0.3 is 0 Å². The van der Waals surface area contributed by atoms with Crippen LogP contribution < -0.4 is 5.32 Å². The van der Waals surface area contributed by atoms with E-state index in [4.69, 9.17) is 23.2 Å². The highest BCUT2D eigenvalue weighted by Crippen LogP contribution is 2.37. The summed E-state index contributed by atoms with van der Waals surface area (Å²) in [5.74, 6) is 0.548. The zero-order valence-electron chi connectivity index (χ0n) is 9.00. The molecule has 3 rings (SSSR count). The van der Waals surface area contributed by atoms with E-state index in [1.54, 1.807) is 6.07 Å². The first-order valence-corrected chi connectivity index (χ1v) is 5.96. The third kappa shape index (κ3) is 1.51. The van der Waals surface area contributed by atoms with Gasteiger partial charge in [-0.25, -0.2) is 4.99 Å². The zero-order chi connectivity index (χ0) is 12.2. The molecule has 88 valence electrons. The Labute approximate surface area is 108 Å². The molecule has 1 fully saturated rings. The van der Waals surface area contributed by atoms with Crippen molar-refractivity contribution in [3.05, 3.63) is 27.7 Å². The maximum Gasteiger partial charge on any atom is 0.249 e. The number of guanidine groups is 1. The highest BCUT2D eigenvalue weighted by Gasteiger charge is 2.36. The Kier molecular flexibility index (Phi) is 2.31. The number of nitrogens with one attached hydrogen (secondary N) is 1. The molecule has 0 aromatic heterocycles. The monoisotopic (exact) mass is 269 g/mol. The number of nitrogens with zero attached hydrogens (tertiary/aromatic N) is 2. The van der Waals surface area contributed by atoms with E-state index >= 15 is 0 Å². The number of aliphatic imine (C=N–C) groups is 1. The second-order valence-electron chi connectivity index (χ2n) is 4.09. The van der Waals surface area contributed by atoms with Gasteiger partial charge in [-0.3, -0.25) is 10.1 Å². The van der Waals surface area contributed by atoms with Crippen molar-refractivity contribution >= 4 is 40.8 Å². The van der Waals surface area contributed by atoms with E-state index in [0.29, 0.717) is 22.5 Å². The Balaban J connectivity index is 2.12. The molecule has 1 unspecified atom stereocenters. The minimum atomic E-state index is -0.225. The third-order valence-electron chi connectivity index (χ3n) is 3.08. The summed E-state index contributed by atoms with van der Waals surface area (Å²) in [5, 5.41) is 3.76. The number of hydrogen-bond acceptors (Lipinski definition) is 3. The van der Waals surface area contributed by atoms with Gasteiger partial charge in [0.1, 0.15) is 6.04 Å². The van der Waals surface area contributed by atoms with Gasteiger partial charge in [-0.1, -0.05) is 23.2 Å². The first kappa shape index (κ1) is 10.9. The van der Waals surface area contributed by atoms with Crippen LogP contribution in [0.15, 0.2) is 17.1 Å². The van der Waals surface area contributed by atoms with E-state index in [9.17, 15) is 4.79 Å². The van der Waals surface area contributed by atoms with E-state index in [-0.39, 0.29) is 11.9 Å². The van der Waals surface area contributed by atoms with Crippen LogP contribution in [0.4, 0.5) is 5.69 Å². The highest BCUT2D eigenvalue weighted by molar-refractivity contribution is 6.42. The summed E-state index contributed by atoms with van der Waals surface area (Å²) >= 11 is 12.1. The minimum Gasteiger partial charge on any atom is -0.326 e. The molecule has 0 bridgehead atoms. The van der Waals surface area contributed by atoms with Crippen LogP contribution in [-0.2, 0) is 11.3 Å². The van der Waals surface area contributed by atoms with Crippen molar-refractivity contribution in [2.45, 2.75) is 19.5 Å². The lowest BCUT2D eigenvalue weighted by Crippen LogP contribution is -2.35. The summed E-state index contributed by atoms with van der Waals surface area (Å²) in [7, 11) is 0. The lowest BCUT2D eigenvalue weighted by molar-refractivity contribution is -0.121. The predicted octanol–water partition coefficient (Wildman–Crippen LogP) is 2.31. The van der Waals surface area contributed by atoms with Gasteiger partial charge in [0.05, 0.1) is 22.3 Å². The van der Waals surface area contributed by atoms with Gasteiger partial charge in [-0.2, -0.15) is 0 Å². The van der Waals surface area contributed by atoms with Crippen LogP contribution in [0.25, 0.3) is 0 Å². The SMILES string of the molecule is CC1C(=O)NC2=Nc3ccc(Cl)c(Cl)c3CN21. The number of carbonyl (C=O) groups excluding carboxylic acids is 1. The molecular weight excluding hydrogens is 261 g/mol. The van der Waals surface area contributed by atoms with E-state index in [2.05, 4.69) is 10.3 Å². The molecule has 2 aliphatic heterocycles. The smallest absolute Gasteiger partial charge is 0.249 e. The summed E-state index contributed by atoms with van der Waals surface area (Å²) in [6.07, 6.45) is 0. The maximum atomic E-state index is 11.6. The molecular formula is C11H9Cl2N3O. The summed E-state index contributed by atoms with van der Waals surface area (Å²) in [6.45, 7) is 2.38. The van der Waals surface area contributed by atoms with Crippen molar-refractivity contribution in [1.82, 2.24) is 10.2 Å². The van der Waals surface area contributed by atoms with Crippen molar-refractivity contribution in [2.24, 2.45) is 4.99 Å². The van der Waals surface area contributed by atoms with Crippen LogP contribution in [0.5, 0.6) is 0 Å². The second kappa shape index (κ2) is 3.62. The summed E-state index contributed by atoms with van der Waals surface area (Å²) in [6, 6.07) is 3.29. The average molecular weight is 270 g/mol. The molecule has 1 atom stereocenters. The number of carbonyl (C=O) groups is 1. The van der Waals surface area contributed by atoms with Crippen LogP contribution in [0.2, 0.25) is 10.0 Å². The molecule has 2 heterocycles. The Morgan fingerprint density at radius 2 is 2.24 bits per heavy atom. The molecule has 2 aliphatic rings. The summed E-state index contributed by atoms with van der Waals surface area (Å²) in [5.41, 5.74) is 1.63. The number of rotatable bonds is 0. The largest absolute Gasteiger partial charge is 0.326 e. The van der Waals surface area contributed by atoms with Crippen LogP contribution >= 0.6 is 23.2 Å². The highest BCUT2D eigenvalue weighted by atomic mass is 35.5. The second-order valence-corrected chi connectivity index (χ2v) is 4.87. The molecule has 1 saturated heterocycles. The number of benzene rings is 1. The normalized spacial score (nSPS) is 21.8. The Hall–Kier alpha value is -1.26. The predicted molar refractivity (Wildman–Crippen MR) is 66.7 cm³/mol. The van der Waals surface area contributed by atoms with E-state index in [1.807, 2.05) is 17.9 Å². The summed E-state index contributed by atoms with van der Waals surface area (Å²) < 4.78 is 0. The Morgan fingerprint density at radius 1 is 1.47 bits per heavy atom. The standard InChI is InChI=1S/C11H9Cl2N3O/c1-5-10(17)15-11-14-8-3-2-7(12)9(13)6(8)4-16(5)11/h2-3,5H,4H2,1H3,(H,14,15,17). The lowest BCUT2D eigenvalue weighted by atomic mass is 10.1. The van der Waals surface area contributed by atoms with Gasteiger partial charge in [-0.05, 0) is 19.1 Å². The van der Waals surface area contributed by atoms with E-state index in [0.717, 1.165) is 11.3 Å². The van der Waals surface area contributed by atoms with Crippen molar-refractivity contribution < 1.29 is 4.79 Å². The molecule has 1 amide bonds. The molecule has 1 aromatic rings. The lowest BCUT2D eigenvalue weighted by Gasteiger charge is -2.26. The molecule has 17 heavy (non-hydrogen) atoms. The van der Waals surface area contributed by atoms with Crippen molar-refractivity contribution in [3.8, 4) is 0 Å². The van der Waals surface area contributed by atoms with Crippen LogP contribution in [0.3, 0.4) is 0 Å². The topological polar surface area (TPSA) is 44.7 Å². The van der Waals surface area contributed by atoms with Gasteiger partial charge in [0.2, 0.25) is 11.9 Å². The van der Waals surface area contributed by atoms with Gasteiger partial charge in [-0.15, -0.1) is 0 Å². The number of hydrogen-bond donors (Lipinski definition) is 1. The minimum absolute atomic E-state index is 0.0428. The maximum absolute atomic E-state index is 11.6. The zero-order valence-corrected chi connectivity index (χ0v) is 10.5. The van der Waals surface area contributed by atoms with Crippen molar-refractivity contribution in [2.75, 3.05) is 0 Å². The van der Waals surface area contributed by atoms with Crippen molar-refractivity contribution in [1.29, 1.82) is 0 Å². The molecule has 0 spiro atoms.